The molecule has 1 aromatic carbocycles. The van der Waals surface area contributed by atoms with E-state index in [1.54, 1.807) is 22.8 Å². The van der Waals surface area contributed by atoms with Gasteiger partial charge in [-0.15, -0.1) is 0 Å². The van der Waals surface area contributed by atoms with Crippen molar-refractivity contribution in [2.45, 2.75) is 18.9 Å². The Balaban J connectivity index is 2.13. The first kappa shape index (κ1) is 16.6. The highest BCUT2D eigenvalue weighted by Gasteiger charge is 2.38. The van der Waals surface area contributed by atoms with Gasteiger partial charge in [0.25, 0.3) is 0 Å². The summed E-state index contributed by atoms with van der Waals surface area (Å²) in [5, 5.41) is 0.422. The van der Waals surface area contributed by atoms with E-state index in [2.05, 4.69) is 15.9 Å². The predicted molar refractivity (Wildman–Crippen MR) is 91.4 cm³/mol. The molecule has 0 aliphatic carbocycles. The molecule has 1 atom stereocenters. The Morgan fingerprint density at radius 1 is 1.26 bits per heavy atom. The number of hydrogen-bond donors (Lipinski definition) is 0. The van der Waals surface area contributed by atoms with Crippen LogP contribution in [-0.2, 0) is 16.1 Å². The fourth-order valence-corrected chi connectivity index (χ4v) is 3.98. The summed E-state index contributed by atoms with van der Waals surface area (Å²) in [5.41, 5.74) is 1.36. The number of benzene rings is 1. The van der Waals surface area contributed by atoms with Crippen LogP contribution in [0.4, 0.5) is 0 Å². The van der Waals surface area contributed by atoms with Crippen LogP contribution in [0.25, 0.3) is 0 Å². The Bertz CT molecular complexity index is 816. The van der Waals surface area contributed by atoms with Crippen LogP contribution in [0.2, 0.25) is 10.0 Å². The monoisotopic (exact) mass is 415 g/mol. The third-order valence-corrected chi connectivity index (χ3v) is 5.52. The largest absolute Gasteiger partial charge is 0.469 e. The van der Waals surface area contributed by atoms with Gasteiger partial charge in [0.1, 0.15) is 11.6 Å². The zero-order valence-electron chi connectivity index (χ0n) is 12.1. The minimum Gasteiger partial charge on any atom is -0.469 e. The lowest BCUT2D eigenvalue weighted by molar-refractivity contribution is -0.142. The molecule has 0 saturated carbocycles. The van der Waals surface area contributed by atoms with Gasteiger partial charge in [-0.2, -0.15) is 0 Å². The van der Waals surface area contributed by atoms with Crippen molar-refractivity contribution in [3.05, 3.63) is 55.7 Å². The van der Waals surface area contributed by atoms with E-state index in [4.69, 9.17) is 27.9 Å². The summed E-state index contributed by atoms with van der Waals surface area (Å²) in [4.78, 5) is 24.8. The highest BCUT2D eigenvalue weighted by molar-refractivity contribution is 9.10. The number of methoxy groups -OCH3 is 1. The maximum absolute atomic E-state index is 12.9. The molecule has 1 unspecified atom stereocenters. The van der Waals surface area contributed by atoms with Gasteiger partial charge in [-0.1, -0.05) is 51.3 Å². The Labute approximate surface area is 151 Å². The van der Waals surface area contributed by atoms with E-state index < -0.39 is 5.92 Å². The smallest absolute Gasteiger partial charge is 0.314 e. The number of esters is 1. The summed E-state index contributed by atoms with van der Waals surface area (Å²) >= 11 is 16.0. The van der Waals surface area contributed by atoms with Crippen LogP contribution in [0.15, 0.2) is 28.7 Å². The molecule has 1 aromatic heterocycles. The minimum atomic E-state index is -0.495. The number of carbonyl (C=O) groups is 2. The molecule has 0 bridgehead atoms. The number of aromatic nitrogens is 1. The molecule has 0 amide bonds. The molecule has 0 fully saturated rings. The third-order valence-electron chi connectivity index (χ3n) is 3.98. The number of nitrogens with zero attached hydrogens (tertiary/aromatic N) is 1. The Hall–Kier alpha value is -1.30. The molecule has 2 aromatic rings. The number of ether oxygens (including phenoxy) is 1. The summed E-state index contributed by atoms with van der Waals surface area (Å²) in [5.74, 6) is -1.10. The van der Waals surface area contributed by atoms with E-state index in [-0.39, 0.29) is 21.8 Å². The van der Waals surface area contributed by atoms with Crippen molar-refractivity contribution in [1.29, 1.82) is 0 Å². The lowest BCUT2D eigenvalue weighted by atomic mass is 10.1. The molecule has 0 saturated heterocycles. The van der Waals surface area contributed by atoms with Gasteiger partial charge in [-0.05, 0) is 18.6 Å². The Morgan fingerprint density at radius 2 is 1.96 bits per heavy atom. The van der Waals surface area contributed by atoms with Crippen LogP contribution in [0.5, 0.6) is 0 Å². The number of hydrogen-bond acceptors (Lipinski definition) is 3. The Morgan fingerprint density at radius 3 is 2.61 bits per heavy atom. The van der Waals surface area contributed by atoms with Gasteiger partial charge in [0, 0.05) is 16.6 Å². The molecular weight excluding hydrogens is 405 g/mol. The van der Waals surface area contributed by atoms with Gasteiger partial charge in [0.2, 0.25) is 5.78 Å². The summed E-state index contributed by atoms with van der Waals surface area (Å²) in [6.45, 7) is 0.493. The van der Waals surface area contributed by atoms with Crippen LogP contribution in [0.3, 0.4) is 0 Å². The normalized spacial score (nSPS) is 16.3. The second kappa shape index (κ2) is 6.30. The summed E-state index contributed by atoms with van der Waals surface area (Å²) < 4.78 is 7.22. The number of rotatable bonds is 3. The molecule has 3 rings (SSSR count). The molecule has 2 heterocycles. The third kappa shape index (κ3) is 2.61. The van der Waals surface area contributed by atoms with E-state index in [1.807, 2.05) is 6.07 Å². The number of ketones is 1. The van der Waals surface area contributed by atoms with Crippen molar-refractivity contribution in [2.75, 3.05) is 7.11 Å². The van der Waals surface area contributed by atoms with Gasteiger partial charge >= 0.3 is 5.97 Å². The molecule has 23 heavy (non-hydrogen) atoms. The molecule has 1 aliphatic heterocycles. The minimum absolute atomic E-state index is 0.177. The lowest BCUT2D eigenvalue weighted by Gasteiger charge is -2.08. The van der Waals surface area contributed by atoms with Crippen molar-refractivity contribution >= 4 is 50.9 Å². The van der Waals surface area contributed by atoms with Gasteiger partial charge in [-0.3, -0.25) is 9.59 Å². The summed E-state index contributed by atoms with van der Waals surface area (Å²) in [7, 11) is 1.33. The molecule has 0 spiro atoms. The summed E-state index contributed by atoms with van der Waals surface area (Å²) in [6, 6.07) is 7.10. The number of carbonyl (C=O) groups excluding carboxylic acids is 2. The van der Waals surface area contributed by atoms with E-state index >= 15 is 0 Å². The zero-order chi connectivity index (χ0) is 16.7. The first-order valence-corrected chi connectivity index (χ1v) is 8.46. The highest BCUT2D eigenvalue weighted by Crippen LogP contribution is 2.43. The molecule has 4 nitrogen and oxygen atoms in total. The van der Waals surface area contributed by atoms with Gasteiger partial charge in [0.15, 0.2) is 0 Å². The topological polar surface area (TPSA) is 48.3 Å². The van der Waals surface area contributed by atoms with E-state index in [1.165, 1.54) is 7.11 Å². The number of halogens is 3. The van der Waals surface area contributed by atoms with E-state index in [0.717, 1.165) is 0 Å². The van der Waals surface area contributed by atoms with Crippen molar-refractivity contribution < 1.29 is 14.3 Å². The van der Waals surface area contributed by atoms with Crippen LogP contribution in [-0.4, -0.2) is 23.4 Å². The number of fused-ring (bicyclic) bond motifs is 1. The van der Waals surface area contributed by atoms with Gasteiger partial charge in [-0.25, -0.2) is 0 Å². The maximum Gasteiger partial charge on any atom is 0.314 e. The van der Waals surface area contributed by atoms with Crippen molar-refractivity contribution in [2.24, 2.45) is 0 Å². The highest BCUT2D eigenvalue weighted by atomic mass is 79.9. The van der Waals surface area contributed by atoms with Crippen molar-refractivity contribution in [3.63, 3.8) is 0 Å². The molecule has 120 valence electrons. The second-order valence-electron chi connectivity index (χ2n) is 5.19. The quantitative estimate of drug-likeness (QED) is 0.548. The van der Waals surface area contributed by atoms with E-state index in [9.17, 15) is 9.59 Å². The molecule has 0 radical (unpaired) electrons. The van der Waals surface area contributed by atoms with Crippen LogP contribution in [0, 0.1) is 0 Å². The molecular formula is C16H12BrCl2NO3. The predicted octanol–water partition coefficient (Wildman–Crippen LogP) is 4.45. The molecule has 7 heteroatoms. The zero-order valence-corrected chi connectivity index (χ0v) is 15.2. The average molecular weight is 417 g/mol. The standard InChI is InChI=1S/C16H12BrCl2NO3/c1-23-16(22)9-6-7-20-13(9)11(18)12(19)14(20)15(21)8-4-2-3-5-10(8)17/h2-5,9H,6-7H2,1H3. The lowest BCUT2D eigenvalue weighted by Crippen LogP contribution is -2.12. The first-order chi connectivity index (χ1) is 11.0. The van der Waals surface area contributed by atoms with Gasteiger partial charge < -0.3 is 9.30 Å². The first-order valence-electron chi connectivity index (χ1n) is 6.91. The molecule has 0 N–H and O–H groups in total. The second-order valence-corrected chi connectivity index (χ2v) is 6.80. The van der Waals surface area contributed by atoms with Crippen LogP contribution >= 0.6 is 39.1 Å². The van der Waals surface area contributed by atoms with Gasteiger partial charge in [0.05, 0.1) is 22.8 Å². The van der Waals surface area contributed by atoms with Crippen molar-refractivity contribution in [1.82, 2.24) is 4.57 Å². The SMILES string of the molecule is COC(=O)C1CCn2c(C(=O)c3ccccc3Br)c(Cl)c(Cl)c21. The van der Waals surface area contributed by atoms with Crippen molar-refractivity contribution in [3.8, 4) is 0 Å². The fraction of sp³-hybridized carbons (Fsp3) is 0.250. The maximum atomic E-state index is 12.9. The fourth-order valence-electron chi connectivity index (χ4n) is 2.91. The average Bonchev–Trinajstić information content (AvgIpc) is 3.07. The van der Waals surface area contributed by atoms with E-state index in [0.29, 0.717) is 34.4 Å². The van der Waals surface area contributed by atoms with Crippen LogP contribution in [0.1, 0.15) is 34.1 Å². The Kier molecular flexibility index (Phi) is 4.54. The van der Waals surface area contributed by atoms with Crippen LogP contribution < -0.4 is 0 Å². The summed E-state index contributed by atoms with van der Waals surface area (Å²) in [6.07, 6.45) is 0.537. The molecule has 1 aliphatic rings.